The molecule has 0 unspecified atom stereocenters. The molecule has 0 aliphatic heterocycles. The molecule has 0 amide bonds. The Hall–Kier alpha value is -7.82. The zero-order valence-corrected chi connectivity index (χ0v) is 31.4. The van der Waals surface area contributed by atoms with E-state index in [4.69, 9.17) is 19.9 Å². The molecule has 9 aromatic carbocycles. The van der Waals surface area contributed by atoms with Crippen molar-refractivity contribution in [2.24, 2.45) is 0 Å². The monoisotopic (exact) mass is 738 g/mol. The summed E-state index contributed by atoms with van der Waals surface area (Å²) in [5.41, 5.74) is 10.5. The summed E-state index contributed by atoms with van der Waals surface area (Å²) in [6.07, 6.45) is 1.88. The van der Waals surface area contributed by atoms with Crippen molar-refractivity contribution in [3.05, 3.63) is 206 Å². The van der Waals surface area contributed by atoms with Crippen LogP contribution in [-0.4, -0.2) is 19.9 Å². The molecular formula is C54H34N4. The molecule has 0 saturated heterocycles. The molecule has 4 nitrogen and oxygen atoms in total. The Morgan fingerprint density at radius 1 is 0.259 bits per heavy atom. The Morgan fingerprint density at radius 2 is 0.672 bits per heavy atom. The summed E-state index contributed by atoms with van der Waals surface area (Å²) in [4.78, 5) is 19.9. The lowest BCUT2D eigenvalue weighted by molar-refractivity contribution is 1.07. The Labute approximate surface area is 335 Å². The highest BCUT2D eigenvalue weighted by Gasteiger charge is 2.16. The number of benzene rings is 9. The lowest BCUT2D eigenvalue weighted by Gasteiger charge is -2.14. The van der Waals surface area contributed by atoms with Crippen LogP contribution in [-0.2, 0) is 0 Å². The van der Waals surface area contributed by atoms with E-state index in [1.807, 2.05) is 48.7 Å². The van der Waals surface area contributed by atoms with E-state index in [0.29, 0.717) is 17.5 Å². The third kappa shape index (κ3) is 5.96. The molecule has 4 heteroatoms. The van der Waals surface area contributed by atoms with Gasteiger partial charge in [0.15, 0.2) is 17.5 Å². The maximum atomic E-state index is 5.03. The van der Waals surface area contributed by atoms with Gasteiger partial charge in [-0.2, -0.15) is 0 Å². The van der Waals surface area contributed by atoms with Gasteiger partial charge in [0.25, 0.3) is 0 Å². The summed E-state index contributed by atoms with van der Waals surface area (Å²) in [6.45, 7) is 0. The minimum absolute atomic E-state index is 0.627. The third-order valence-electron chi connectivity index (χ3n) is 11.2. The minimum Gasteiger partial charge on any atom is -0.256 e. The Morgan fingerprint density at radius 3 is 1.24 bits per heavy atom. The van der Waals surface area contributed by atoms with Crippen LogP contribution in [0.15, 0.2) is 206 Å². The number of pyridine rings is 1. The molecule has 58 heavy (non-hydrogen) atoms. The van der Waals surface area contributed by atoms with Gasteiger partial charge in [0.1, 0.15) is 0 Å². The molecule has 2 aromatic heterocycles. The average Bonchev–Trinajstić information content (AvgIpc) is 3.31. The van der Waals surface area contributed by atoms with Crippen LogP contribution < -0.4 is 0 Å². The van der Waals surface area contributed by atoms with E-state index >= 15 is 0 Å². The van der Waals surface area contributed by atoms with E-state index in [1.54, 1.807) is 0 Å². The molecule has 2 heterocycles. The largest absolute Gasteiger partial charge is 0.256 e. The van der Waals surface area contributed by atoms with Gasteiger partial charge in [-0.1, -0.05) is 176 Å². The van der Waals surface area contributed by atoms with E-state index in [1.165, 1.54) is 37.9 Å². The summed E-state index contributed by atoms with van der Waals surface area (Å²) in [7, 11) is 0. The molecule has 270 valence electrons. The molecule has 0 fully saturated rings. The molecule has 11 rings (SSSR count). The number of fused-ring (bicyclic) bond motifs is 7. The number of rotatable bonds is 6. The van der Waals surface area contributed by atoms with E-state index < -0.39 is 0 Å². The lowest BCUT2D eigenvalue weighted by atomic mass is 9.90. The molecule has 0 atom stereocenters. The van der Waals surface area contributed by atoms with Crippen molar-refractivity contribution in [1.29, 1.82) is 0 Å². The highest BCUT2D eigenvalue weighted by molar-refractivity contribution is 6.26. The van der Waals surface area contributed by atoms with Crippen molar-refractivity contribution in [2.75, 3.05) is 0 Å². The van der Waals surface area contributed by atoms with E-state index in [9.17, 15) is 0 Å². The van der Waals surface area contributed by atoms with Crippen LogP contribution in [0.1, 0.15) is 0 Å². The predicted molar refractivity (Wildman–Crippen MR) is 240 cm³/mol. The third-order valence-corrected chi connectivity index (χ3v) is 11.2. The van der Waals surface area contributed by atoms with Gasteiger partial charge in [-0.05, 0) is 84.4 Å². The molecule has 0 radical (unpaired) electrons. The Balaban J connectivity index is 0.999. The SMILES string of the molecule is c1ccc(-c2ccc(-c3nc(-c4ccccc4)nc(-c4ccc(-c5cc(-c6ccc7c8ccccc8c8ccccc8c7c6)c6ncccc6c5)cc4)n3)cc2)cc1. The molecule has 11 aromatic rings. The Kier molecular flexibility index (Phi) is 8.11. The van der Waals surface area contributed by atoms with Gasteiger partial charge in [-0.25, -0.2) is 15.0 Å². The van der Waals surface area contributed by atoms with Crippen LogP contribution in [0.3, 0.4) is 0 Å². The van der Waals surface area contributed by atoms with E-state index in [0.717, 1.165) is 55.4 Å². The first-order valence-corrected chi connectivity index (χ1v) is 19.5. The maximum Gasteiger partial charge on any atom is 0.164 e. The topological polar surface area (TPSA) is 51.6 Å². The lowest BCUT2D eigenvalue weighted by Crippen LogP contribution is -2.00. The number of hydrogen-bond acceptors (Lipinski definition) is 4. The molecular weight excluding hydrogens is 705 g/mol. The zero-order valence-electron chi connectivity index (χ0n) is 31.4. The van der Waals surface area contributed by atoms with E-state index in [2.05, 4.69) is 158 Å². The van der Waals surface area contributed by atoms with Crippen molar-refractivity contribution in [3.63, 3.8) is 0 Å². The predicted octanol–water partition coefficient (Wildman–Crippen LogP) is 13.9. The second-order valence-electron chi connectivity index (χ2n) is 14.6. The molecule has 0 saturated carbocycles. The summed E-state index contributed by atoms with van der Waals surface area (Å²) < 4.78 is 0. The van der Waals surface area contributed by atoms with Crippen LogP contribution in [0.4, 0.5) is 0 Å². The normalized spacial score (nSPS) is 11.4. The van der Waals surface area contributed by atoms with Gasteiger partial charge in [-0.15, -0.1) is 0 Å². The molecule has 0 aliphatic rings. The first kappa shape index (κ1) is 33.5. The second kappa shape index (κ2) is 14.0. The minimum atomic E-state index is 0.627. The second-order valence-corrected chi connectivity index (χ2v) is 14.6. The summed E-state index contributed by atoms with van der Waals surface area (Å²) in [5, 5.41) is 8.65. The van der Waals surface area contributed by atoms with Gasteiger partial charge in [0.2, 0.25) is 0 Å². The quantitative estimate of drug-likeness (QED) is 0.159. The Bertz CT molecular complexity index is 3270. The average molecular weight is 739 g/mol. The van der Waals surface area contributed by atoms with Crippen molar-refractivity contribution in [1.82, 2.24) is 19.9 Å². The number of nitrogens with zero attached hydrogens (tertiary/aromatic N) is 4. The highest BCUT2D eigenvalue weighted by atomic mass is 15.0. The van der Waals surface area contributed by atoms with Crippen molar-refractivity contribution in [3.8, 4) is 67.5 Å². The van der Waals surface area contributed by atoms with Crippen molar-refractivity contribution < 1.29 is 0 Å². The molecule has 0 spiro atoms. The van der Waals surface area contributed by atoms with Crippen LogP contribution in [0.5, 0.6) is 0 Å². The fourth-order valence-corrected chi connectivity index (χ4v) is 8.26. The smallest absolute Gasteiger partial charge is 0.164 e. The number of hydrogen-bond donors (Lipinski definition) is 0. The van der Waals surface area contributed by atoms with Gasteiger partial charge in [0.05, 0.1) is 5.52 Å². The van der Waals surface area contributed by atoms with Crippen molar-refractivity contribution >= 4 is 43.2 Å². The summed E-state index contributed by atoms with van der Waals surface area (Å²) in [6, 6.07) is 70.5. The van der Waals surface area contributed by atoms with E-state index in [-0.39, 0.29) is 0 Å². The summed E-state index contributed by atoms with van der Waals surface area (Å²) in [5.74, 6) is 1.90. The summed E-state index contributed by atoms with van der Waals surface area (Å²) >= 11 is 0. The van der Waals surface area contributed by atoms with Gasteiger partial charge in [-0.3, -0.25) is 4.98 Å². The first-order chi connectivity index (χ1) is 28.7. The number of aromatic nitrogens is 4. The molecule has 0 aliphatic carbocycles. The van der Waals surface area contributed by atoms with Crippen LogP contribution in [0, 0.1) is 0 Å². The van der Waals surface area contributed by atoms with Gasteiger partial charge < -0.3 is 0 Å². The van der Waals surface area contributed by atoms with Crippen LogP contribution in [0.2, 0.25) is 0 Å². The van der Waals surface area contributed by atoms with Crippen molar-refractivity contribution in [2.45, 2.75) is 0 Å². The van der Waals surface area contributed by atoms with Crippen LogP contribution >= 0.6 is 0 Å². The maximum absolute atomic E-state index is 5.03. The first-order valence-electron chi connectivity index (χ1n) is 19.5. The zero-order chi connectivity index (χ0) is 38.4. The molecule has 0 bridgehead atoms. The highest BCUT2D eigenvalue weighted by Crippen LogP contribution is 2.40. The van der Waals surface area contributed by atoms with Gasteiger partial charge >= 0.3 is 0 Å². The van der Waals surface area contributed by atoms with Crippen LogP contribution in [0.25, 0.3) is 111 Å². The van der Waals surface area contributed by atoms with Gasteiger partial charge in [0, 0.05) is 33.8 Å². The fourth-order valence-electron chi connectivity index (χ4n) is 8.26. The standard InChI is InChI=1S/C54H34N4/c1-3-12-35(13-4-1)36-21-25-39(26-22-36)53-56-52(38-14-5-2-6-15-38)57-54(58-53)40-27-23-37(24-28-40)43-32-42-16-11-31-55-51(42)49(34-43)41-29-30-48-46-19-8-7-17-44(46)45-18-9-10-20-47(45)50(48)33-41/h1-34H. The molecule has 0 N–H and O–H groups in total. The fraction of sp³-hybridized carbons (Fsp3) is 0.